The summed E-state index contributed by atoms with van der Waals surface area (Å²) in [5.41, 5.74) is 1.13. The molecule has 7 heteroatoms. The van der Waals surface area contributed by atoms with E-state index in [4.69, 9.17) is 9.47 Å². The lowest BCUT2D eigenvalue weighted by atomic mass is 10.1. The lowest BCUT2D eigenvalue weighted by Crippen LogP contribution is -2.33. The van der Waals surface area contributed by atoms with Crippen LogP contribution in [0.5, 0.6) is 11.5 Å². The summed E-state index contributed by atoms with van der Waals surface area (Å²) in [6, 6.07) is 11.3. The second kappa shape index (κ2) is 7.26. The minimum atomic E-state index is -0.485. The quantitative estimate of drug-likeness (QED) is 0.583. The molecule has 0 bridgehead atoms. The predicted molar refractivity (Wildman–Crippen MR) is 91.6 cm³/mol. The van der Waals surface area contributed by atoms with Crippen LogP contribution in [0.15, 0.2) is 42.5 Å². The molecule has 0 spiro atoms. The van der Waals surface area contributed by atoms with Gasteiger partial charge in [-0.15, -0.1) is 0 Å². The van der Waals surface area contributed by atoms with Crippen LogP contribution < -0.4 is 9.47 Å². The van der Waals surface area contributed by atoms with E-state index in [2.05, 4.69) is 4.74 Å². The zero-order valence-corrected chi connectivity index (χ0v) is 14.4. The zero-order valence-electron chi connectivity index (χ0n) is 14.4. The molecule has 0 fully saturated rings. The van der Waals surface area contributed by atoms with Gasteiger partial charge in [-0.3, -0.25) is 14.5 Å². The molecule has 0 atom stereocenters. The summed E-state index contributed by atoms with van der Waals surface area (Å²) in [7, 11) is 2.74. The van der Waals surface area contributed by atoms with Gasteiger partial charge in [-0.2, -0.15) is 0 Å². The molecule has 0 N–H and O–H groups in total. The Bertz CT molecular complexity index is 841. The van der Waals surface area contributed by atoms with Gasteiger partial charge in [0.25, 0.3) is 11.8 Å². The summed E-state index contributed by atoms with van der Waals surface area (Å²) in [6.45, 7) is 0.202. The summed E-state index contributed by atoms with van der Waals surface area (Å²) >= 11 is 0. The minimum absolute atomic E-state index is 0.0966. The highest BCUT2D eigenvalue weighted by atomic mass is 16.5. The number of hydrogen-bond acceptors (Lipinski definition) is 6. The lowest BCUT2D eigenvalue weighted by Gasteiger charge is -2.16. The monoisotopic (exact) mass is 355 g/mol. The van der Waals surface area contributed by atoms with Crippen molar-refractivity contribution >= 4 is 17.8 Å². The molecule has 7 nitrogen and oxygen atoms in total. The van der Waals surface area contributed by atoms with Crippen molar-refractivity contribution in [3.05, 3.63) is 59.2 Å². The molecule has 3 rings (SSSR count). The maximum absolute atomic E-state index is 12.3. The van der Waals surface area contributed by atoms with Crippen LogP contribution >= 0.6 is 0 Å². The first kappa shape index (κ1) is 17.5. The number of benzene rings is 2. The van der Waals surface area contributed by atoms with Gasteiger partial charge in [0, 0.05) is 0 Å². The molecule has 2 aromatic rings. The van der Waals surface area contributed by atoms with Crippen molar-refractivity contribution in [2.75, 3.05) is 27.4 Å². The number of hydrogen-bond donors (Lipinski definition) is 0. The van der Waals surface area contributed by atoms with Gasteiger partial charge < -0.3 is 14.2 Å². The highest BCUT2D eigenvalue weighted by molar-refractivity contribution is 6.21. The first-order valence-corrected chi connectivity index (χ1v) is 7.91. The Morgan fingerprint density at radius 1 is 0.962 bits per heavy atom. The Kier molecular flexibility index (Phi) is 4.88. The third-order valence-electron chi connectivity index (χ3n) is 4.04. The largest absolute Gasteiger partial charge is 0.493 e. The van der Waals surface area contributed by atoms with Crippen molar-refractivity contribution in [3.63, 3.8) is 0 Å². The van der Waals surface area contributed by atoms with Gasteiger partial charge in [0.15, 0.2) is 11.5 Å². The molecule has 1 aliphatic rings. The maximum atomic E-state index is 12.3. The topological polar surface area (TPSA) is 82.1 Å². The van der Waals surface area contributed by atoms with Crippen LogP contribution in [0.2, 0.25) is 0 Å². The van der Waals surface area contributed by atoms with E-state index in [1.807, 2.05) is 0 Å². The molecule has 26 heavy (non-hydrogen) atoms. The predicted octanol–water partition coefficient (Wildman–Crippen LogP) is 2.16. The average molecular weight is 355 g/mol. The van der Waals surface area contributed by atoms with Crippen LogP contribution in [0.25, 0.3) is 0 Å². The van der Waals surface area contributed by atoms with Crippen molar-refractivity contribution in [1.82, 2.24) is 4.90 Å². The van der Waals surface area contributed by atoms with Gasteiger partial charge >= 0.3 is 5.97 Å². The SMILES string of the molecule is COC(=O)c1ccc(OCCN2C(=O)c3ccccc3C2=O)c(OC)c1. The van der Waals surface area contributed by atoms with Crippen LogP contribution in [0.1, 0.15) is 31.1 Å². The van der Waals surface area contributed by atoms with E-state index in [9.17, 15) is 14.4 Å². The van der Waals surface area contributed by atoms with Crippen LogP contribution in [0.4, 0.5) is 0 Å². The number of esters is 1. The number of fused-ring (bicyclic) bond motifs is 1. The third kappa shape index (κ3) is 3.11. The average Bonchev–Trinajstić information content (AvgIpc) is 2.92. The number of rotatable bonds is 6. The number of imide groups is 1. The number of carbonyl (C=O) groups excluding carboxylic acids is 3. The van der Waals surface area contributed by atoms with Gasteiger partial charge in [0.2, 0.25) is 0 Å². The van der Waals surface area contributed by atoms with E-state index >= 15 is 0 Å². The summed E-state index contributed by atoms with van der Waals surface area (Å²) in [6.07, 6.45) is 0. The smallest absolute Gasteiger partial charge is 0.337 e. The third-order valence-corrected chi connectivity index (χ3v) is 4.04. The second-order valence-corrected chi connectivity index (χ2v) is 5.51. The van der Waals surface area contributed by atoms with E-state index in [1.54, 1.807) is 36.4 Å². The van der Waals surface area contributed by atoms with E-state index in [0.29, 0.717) is 28.2 Å². The van der Waals surface area contributed by atoms with Crippen LogP contribution in [-0.2, 0) is 4.74 Å². The van der Waals surface area contributed by atoms with E-state index in [0.717, 1.165) is 4.90 Å². The number of nitrogens with zero attached hydrogens (tertiary/aromatic N) is 1. The number of amides is 2. The molecule has 0 saturated carbocycles. The highest BCUT2D eigenvalue weighted by Gasteiger charge is 2.34. The fraction of sp³-hybridized carbons (Fsp3) is 0.211. The van der Waals surface area contributed by atoms with Crippen molar-refractivity contribution in [2.45, 2.75) is 0 Å². The summed E-state index contributed by atoms with van der Waals surface area (Å²) in [5.74, 6) is -0.391. The molecular weight excluding hydrogens is 338 g/mol. The van der Waals surface area contributed by atoms with Crippen molar-refractivity contribution in [3.8, 4) is 11.5 Å². The second-order valence-electron chi connectivity index (χ2n) is 5.51. The van der Waals surface area contributed by atoms with Crippen LogP contribution in [0.3, 0.4) is 0 Å². The fourth-order valence-electron chi connectivity index (χ4n) is 2.72. The Morgan fingerprint density at radius 2 is 1.62 bits per heavy atom. The first-order chi connectivity index (χ1) is 12.6. The van der Waals surface area contributed by atoms with Crippen LogP contribution in [0, 0.1) is 0 Å². The molecule has 0 aliphatic carbocycles. The molecule has 1 heterocycles. The van der Waals surface area contributed by atoms with Crippen molar-refractivity contribution in [2.24, 2.45) is 0 Å². The van der Waals surface area contributed by atoms with Crippen molar-refractivity contribution in [1.29, 1.82) is 0 Å². The molecule has 134 valence electrons. The molecule has 0 aromatic heterocycles. The number of ether oxygens (including phenoxy) is 3. The first-order valence-electron chi connectivity index (χ1n) is 7.91. The molecular formula is C19H17NO6. The van der Waals surface area contributed by atoms with Gasteiger partial charge in [-0.25, -0.2) is 4.79 Å². The Hall–Kier alpha value is -3.35. The van der Waals surface area contributed by atoms with Gasteiger partial charge in [0.05, 0.1) is 37.5 Å². The van der Waals surface area contributed by atoms with E-state index in [-0.39, 0.29) is 25.0 Å². The molecule has 0 unspecified atom stereocenters. The van der Waals surface area contributed by atoms with Crippen molar-refractivity contribution < 1.29 is 28.6 Å². The standard InChI is InChI=1S/C19H17NO6/c1-24-16-11-12(19(23)25-2)7-8-15(16)26-10-9-20-17(21)13-5-3-4-6-14(13)18(20)22/h3-8,11H,9-10H2,1-2H3. The highest BCUT2D eigenvalue weighted by Crippen LogP contribution is 2.29. The van der Waals surface area contributed by atoms with Gasteiger partial charge in [0.1, 0.15) is 6.61 Å². The van der Waals surface area contributed by atoms with Crippen LogP contribution in [-0.4, -0.2) is 50.1 Å². The number of methoxy groups -OCH3 is 2. The summed E-state index contributed by atoms with van der Waals surface area (Å²) in [4.78, 5) is 37.3. The minimum Gasteiger partial charge on any atom is -0.493 e. The maximum Gasteiger partial charge on any atom is 0.337 e. The molecule has 1 aliphatic heterocycles. The molecule has 2 aromatic carbocycles. The molecule has 0 radical (unpaired) electrons. The Balaban J connectivity index is 1.66. The van der Waals surface area contributed by atoms with Gasteiger partial charge in [-0.1, -0.05) is 12.1 Å². The Morgan fingerprint density at radius 3 is 2.19 bits per heavy atom. The Labute approximate surface area is 150 Å². The number of carbonyl (C=O) groups is 3. The fourth-order valence-corrected chi connectivity index (χ4v) is 2.72. The molecule has 0 saturated heterocycles. The summed E-state index contributed by atoms with van der Waals surface area (Å²) in [5, 5.41) is 0. The van der Waals surface area contributed by atoms with E-state index in [1.165, 1.54) is 20.3 Å². The normalized spacial score (nSPS) is 12.8. The zero-order chi connectivity index (χ0) is 18.7. The van der Waals surface area contributed by atoms with E-state index < -0.39 is 5.97 Å². The summed E-state index contributed by atoms with van der Waals surface area (Å²) < 4.78 is 15.5. The molecule has 2 amide bonds. The lowest BCUT2D eigenvalue weighted by molar-refractivity contribution is 0.0595. The van der Waals surface area contributed by atoms with Gasteiger partial charge in [-0.05, 0) is 30.3 Å².